The second kappa shape index (κ2) is 6.19. The molecule has 1 saturated heterocycles. The number of anilines is 1. The summed E-state index contributed by atoms with van der Waals surface area (Å²) in [6.07, 6.45) is 4.53. The third kappa shape index (κ3) is 2.83. The molecule has 0 spiro atoms. The molecule has 0 saturated carbocycles. The van der Waals surface area contributed by atoms with Gasteiger partial charge in [0.15, 0.2) is 0 Å². The van der Waals surface area contributed by atoms with Crippen LogP contribution in [0.1, 0.15) is 39.2 Å². The van der Waals surface area contributed by atoms with Crippen molar-refractivity contribution in [1.82, 2.24) is 10.3 Å². The quantitative estimate of drug-likeness (QED) is 0.887. The van der Waals surface area contributed by atoms with Crippen molar-refractivity contribution in [2.75, 3.05) is 18.0 Å². The Morgan fingerprint density at radius 3 is 3.06 bits per heavy atom. The van der Waals surface area contributed by atoms with Crippen LogP contribution in [0.15, 0.2) is 18.3 Å². The van der Waals surface area contributed by atoms with E-state index in [9.17, 15) is 0 Å². The maximum atomic E-state index is 4.63. The van der Waals surface area contributed by atoms with Gasteiger partial charge in [-0.05, 0) is 38.3 Å². The Balaban J connectivity index is 2.20. The smallest absolute Gasteiger partial charge is 0.133 e. The first-order valence-corrected chi connectivity index (χ1v) is 7.15. The van der Waals surface area contributed by atoms with Crippen LogP contribution in [0.4, 0.5) is 5.82 Å². The maximum absolute atomic E-state index is 4.63. The molecule has 2 heterocycles. The van der Waals surface area contributed by atoms with Gasteiger partial charge in [-0.2, -0.15) is 0 Å². The fraction of sp³-hybridized carbons (Fsp3) is 0.667. The van der Waals surface area contributed by atoms with Crippen molar-refractivity contribution in [3.8, 4) is 0 Å². The molecule has 100 valence electrons. The second-order valence-corrected chi connectivity index (χ2v) is 5.32. The van der Waals surface area contributed by atoms with Gasteiger partial charge in [-0.1, -0.05) is 19.9 Å². The highest BCUT2D eigenvalue weighted by molar-refractivity contribution is 5.48. The third-order valence-electron chi connectivity index (χ3n) is 4.08. The Morgan fingerprint density at radius 1 is 1.44 bits per heavy atom. The number of aromatic nitrogens is 1. The van der Waals surface area contributed by atoms with Gasteiger partial charge in [0.2, 0.25) is 0 Å². The molecule has 2 rings (SSSR count). The van der Waals surface area contributed by atoms with Crippen LogP contribution < -0.4 is 10.2 Å². The van der Waals surface area contributed by atoms with Crippen LogP contribution in [0.2, 0.25) is 0 Å². The number of rotatable bonds is 4. The van der Waals surface area contributed by atoms with E-state index in [4.69, 9.17) is 0 Å². The highest BCUT2D eigenvalue weighted by Crippen LogP contribution is 2.29. The minimum Gasteiger partial charge on any atom is -0.353 e. The normalized spacial score (nSPS) is 24.3. The van der Waals surface area contributed by atoms with Gasteiger partial charge in [0.25, 0.3) is 0 Å². The van der Waals surface area contributed by atoms with E-state index in [2.05, 4.69) is 42.0 Å². The fourth-order valence-electron chi connectivity index (χ4n) is 2.72. The molecule has 1 aromatic heterocycles. The summed E-state index contributed by atoms with van der Waals surface area (Å²) < 4.78 is 0. The molecule has 1 aliphatic rings. The van der Waals surface area contributed by atoms with Crippen LogP contribution in [0.3, 0.4) is 0 Å². The molecular weight excluding hydrogens is 222 g/mol. The zero-order chi connectivity index (χ0) is 13.0. The van der Waals surface area contributed by atoms with Gasteiger partial charge >= 0.3 is 0 Å². The fourth-order valence-corrected chi connectivity index (χ4v) is 2.72. The molecule has 1 aromatic rings. The Kier molecular flexibility index (Phi) is 4.59. The molecule has 3 heteroatoms. The number of nitrogens with one attached hydrogen (secondary N) is 1. The summed E-state index contributed by atoms with van der Waals surface area (Å²) in [4.78, 5) is 7.11. The predicted octanol–water partition coefficient (Wildman–Crippen LogP) is 2.82. The largest absolute Gasteiger partial charge is 0.353 e. The molecule has 1 fully saturated rings. The molecule has 0 amide bonds. The lowest BCUT2D eigenvalue weighted by atomic mass is 9.92. The van der Waals surface area contributed by atoms with Gasteiger partial charge < -0.3 is 10.2 Å². The van der Waals surface area contributed by atoms with E-state index in [1.165, 1.54) is 24.2 Å². The molecule has 1 N–H and O–H groups in total. The van der Waals surface area contributed by atoms with E-state index in [-0.39, 0.29) is 0 Å². The van der Waals surface area contributed by atoms with Crippen molar-refractivity contribution in [3.63, 3.8) is 0 Å². The molecular formula is C15H25N3. The number of hydrogen-bond donors (Lipinski definition) is 1. The average Bonchev–Trinajstić information content (AvgIpc) is 2.40. The average molecular weight is 247 g/mol. The van der Waals surface area contributed by atoms with E-state index in [1.807, 2.05) is 12.3 Å². The van der Waals surface area contributed by atoms with Gasteiger partial charge in [0, 0.05) is 30.9 Å². The summed E-state index contributed by atoms with van der Waals surface area (Å²) in [7, 11) is 0. The summed E-state index contributed by atoms with van der Waals surface area (Å²) in [5, 5.41) is 3.40. The Morgan fingerprint density at radius 2 is 2.28 bits per heavy atom. The monoisotopic (exact) mass is 247 g/mol. The minimum atomic E-state index is 0.592. The van der Waals surface area contributed by atoms with Crippen LogP contribution in [0.5, 0.6) is 0 Å². The van der Waals surface area contributed by atoms with Crippen molar-refractivity contribution >= 4 is 5.82 Å². The Labute approximate surface area is 111 Å². The van der Waals surface area contributed by atoms with Crippen LogP contribution in [-0.4, -0.2) is 24.1 Å². The van der Waals surface area contributed by atoms with Gasteiger partial charge in [-0.3, -0.25) is 0 Å². The molecule has 0 aliphatic carbocycles. The molecule has 2 unspecified atom stereocenters. The lowest BCUT2D eigenvalue weighted by Gasteiger charge is -2.39. The summed E-state index contributed by atoms with van der Waals surface area (Å²) in [6.45, 7) is 9.88. The van der Waals surface area contributed by atoms with E-state index in [0.717, 1.165) is 25.6 Å². The summed E-state index contributed by atoms with van der Waals surface area (Å²) >= 11 is 0. The molecule has 0 radical (unpaired) electrons. The van der Waals surface area contributed by atoms with Gasteiger partial charge in [-0.15, -0.1) is 0 Å². The minimum absolute atomic E-state index is 0.592. The van der Waals surface area contributed by atoms with Crippen molar-refractivity contribution in [2.24, 2.45) is 5.92 Å². The standard InChI is InChI=1S/C15H25N3/c1-4-16-11-14-8-5-9-17-15(14)18-10-6-7-12(2)13(18)3/h5,8-9,12-13,16H,4,6-7,10-11H2,1-3H3. The van der Waals surface area contributed by atoms with E-state index < -0.39 is 0 Å². The maximum Gasteiger partial charge on any atom is 0.133 e. The van der Waals surface area contributed by atoms with E-state index in [1.54, 1.807) is 0 Å². The lowest BCUT2D eigenvalue weighted by Crippen LogP contribution is -2.43. The zero-order valence-electron chi connectivity index (χ0n) is 11.8. The molecule has 2 atom stereocenters. The van der Waals surface area contributed by atoms with Crippen LogP contribution in [0, 0.1) is 5.92 Å². The Hall–Kier alpha value is -1.09. The topological polar surface area (TPSA) is 28.2 Å². The van der Waals surface area contributed by atoms with Crippen molar-refractivity contribution in [2.45, 2.75) is 46.2 Å². The Bertz CT molecular complexity index is 378. The number of piperidine rings is 1. The van der Waals surface area contributed by atoms with Gasteiger partial charge in [0.05, 0.1) is 0 Å². The van der Waals surface area contributed by atoms with Gasteiger partial charge in [-0.25, -0.2) is 4.98 Å². The first-order chi connectivity index (χ1) is 8.74. The molecule has 3 nitrogen and oxygen atoms in total. The number of nitrogens with zero attached hydrogens (tertiary/aromatic N) is 2. The van der Waals surface area contributed by atoms with Crippen molar-refractivity contribution < 1.29 is 0 Å². The van der Waals surface area contributed by atoms with Crippen molar-refractivity contribution in [3.05, 3.63) is 23.9 Å². The third-order valence-corrected chi connectivity index (χ3v) is 4.08. The van der Waals surface area contributed by atoms with E-state index >= 15 is 0 Å². The predicted molar refractivity (Wildman–Crippen MR) is 76.8 cm³/mol. The molecule has 1 aliphatic heterocycles. The van der Waals surface area contributed by atoms with Crippen LogP contribution >= 0.6 is 0 Å². The second-order valence-electron chi connectivity index (χ2n) is 5.32. The van der Waals surface area contributed by atoms with Crippen molar-refractivity contribution in [1.29, 1.82) is 0 Å². The SMILES string of the molecule is CCNCc1cccnc1N1CCCC(C)C1C. The van der Waals surface area contributed by atoms with Crippen LogP contribution in [0.25, 0.3) is 0 Å². The molecule has 0 bridgehead atoms. The lowest BCUT2D eigenvalue weighted by molar-refractivity contribution is 0.361. The highest BCUT2D eigenvalue weighted by Gasteiger charge is 2.26. The van der Waals surface area contributed by atoms with Crippen LogP contribution in [-0.2, 0) is 6.54 Å². The summed E-state index contributed by atoms with van der Waals surface area (Å²) in [5.74, 6) is 1.94. The molecule has 0 aromatic carbocycles. The number of pyridine rings is 1. The number of hydrogen-bond acceptors (Lipinski definition) is 3. The molecule has 18 heavy (non-hydrogen) atoms. The van der Waals surface area contributed by atoms with E-state index in [0.29, 0.717) is 6.04 Å². The highest BCUT2D eigenvalue weighted by atomic mass is 15.2. The zero-order valence-corrected chi connectivity index (χ0v) is 11.8. The van der Waals surface area contributed by atoms with Gasteiger partial charge in [0.1, 0.15) is 5.82 Å². The first kappa shape index (κ1) is 13.3. The summed E-state index contributed by atoms with van der Waals surface area (Å²) in [5.41, 5.74) is 1.32. The summed E-state index contributed by atoms with van der Waals surface area (Å²) in [6, 6.07) is 4.82. The first-order valence-electron chi connectivity index (χ1n) is 7.15.